The van der Waals surface area contributed by atoms with Gasteiger partial charge >= 0.3 is 0 Å². The van der Waals surface area contributed by atoms with Crippen molar-refractivity contribution in [3.63, 3.8) is 0 Å². The second-order valence-corrected chi connectivity index (χ2v) is 2.74. The second-order valence-electron chi connectivity index (χ2n) is 2.74. The smallest absolute Gasteiger partial charge is 0.171 e. The zero-order chi connectivity index (χ0) is 10.6. The van der Waals surface area contributed by atoms with Crippen molar-refractivity contribution in [1.29, 1.82) is 0 Å². The maximum absolute atomic E-state index is 8.66. The van der Waals surface area contributed by atoms with Crippen molar-refractivity contribution >= 4 is 11.8 Å². The first kappa shape index (κ1) is 10.6. The van der Waals surface area contributed by atoms with E-state index in [-0.39, 0.29) is 0 Å². The van der Waals surface area contributed by atoms with Crippen molar-refractivity contribution in [3.05, 3.63) is 29.8 Å². The number of ether oxygens (including phenoxy) is 1. The summed E-state index contributed by atoms with van der Waals surface area (Å²) in [6, 6.07) is 5.23. The zero-order valence-electron chi connectivity index (χ0n) is 7.84. The molecule has 0 fully saturated rings. The summed E-state index contributed by atoms with van der Waals surface area (Å²) in [7, 11) is 1.53. The number of hydrogen-bond donors (Lipinski definition) is 3. The molecule has 0 aliphatic heterocycles. The van der Waals surface area contributed by atoms with Gasteiger partial charge in [0.2, 0.25) is 0 Å². The number of nitrogen functional groups attached to an aromatic ring is 1. The van der Waals surface area contributed by atoms with Crippen LogP contribution in [0, 0.1) is 0 Å². The highest BCUT2D eigenvalue weighted by Crippen LogP contribution is 2.25. The Morgan fingerprint density at radius 3 is 2.71 bits per heavy atom. The summed E-state index contributed by atoms with van der Waals surface area (Å²) < 4.78 is 5.06. The lowest BCUT2D eigenvalue weighted by Gasteiger charge is -2.07. The van der Waals surface area contributed by atoms with E-state index in [1.54, 1.807) is 18.2 Å². The van der Waals surface area contributed by atoms with Gasteiger partial charge in [0.25, 0.3) is 0 Å². The number of nitrogens with two attached hydrogens (primary N) is 1. The quantitative estimate of drug-likeness (QED) is 0.487. The zero-order valence-corrected chi connectivity index (χ0v) is 7.84. The summed E-state index contributed by atoms with van der Waals surface area (Å²) in [4.78, 5) is 0. The van der Waals surface area contributed by atoms with Gasteiger partial charge in [0.1, 0.15) is 5.75 Å². The van der Waals surface area contributed by atoms with Crippen LogP contribution >= 0.6 is 0 Å². The first-order chi connectivity index (χ1) is 6.65. The first-order valence-corrected chi connectivity index (χ1v) is 4.12. The number of hydrogen-bond acceptors (Lipinski definition) is 4. The molecule has 14 heavy (non-hydrogen) atoms. The van der Waals surface area contributed by atoms with Gasteiger partial charge in [-0.15, -0.1) is 0 Å². The summed E-state index contributed by atoms with van der Waals surface area (Å²) in [5, 5.41) is 17.3. The molecule has 0 spiro atoms. The highest BCUT2D eigenvalue weighted by Gasteiger charge is 2.02. The molecule has 0 saturated carbocycles. The van der Waals surface area contributed by atoms with Gasteiger partial charge in [0.05, 0.1) is 7.11 Å². The maximum Gasteiger partial charge on any atom is 0.171 e. The lowest BCUT2D eigenvalue weighted by Crippen LogP contribution is -1.98. The van der Waals surface area contributed by atoms with Gasteiger partial charge in [0, 0.05) is 11.3 Å². The van der Waals surface area contributed by atoms with Gasteiger partial charge in [-0.1, -0.05) is 6.07 Å². The van der Waals surface area contributed by atoms with Crippen molar-refractivity contribution in [2.75, 3.05) is 12.8 Å². The van der Waals surface area contributed by atoms with E-state index in [4.69, 9.17) is 20.7 Å². The van der Waals surface area contributed by atoms with Crippen LogP contribution in [0.25, 0.3) is 6.08 Å². The fraction of sp³-hybridized carbons (Fsp3) is 0.200. The van der Waals surface area contributed by atoms with Crippen LogP contribution < -0.4 is 10.5 Å². The number of benzene rings is 1. The lowest BCUT2D eigenvalue weighted by atomic mass is 10.1. The van der Waals surface area contributed by atoms with Gasteiger partial charge < -0.3 is 20.7 Å². The summed E-state index contributed by atoms with van der Waals surface area (Å²) in [6.45, 7) is 0. The SMILES string of the molecule is COc1cccc(N)c1/C=C/C(O)O. The fourth-order valence-electron chi connectivity index (χ4n) is 1.10. The Labute approximate surface area is 82.2 Å². The van der Waals surface area contributed by atoms with Crippen molar-refractivity contribution in [1.82, 2.24) is 0 Å². The number of anilines is 1. The predicted octanol–water partition coefficient (Wildman–Crippen LogP) is 0.601. The highest BCUT2D eigenvalue weighted by atomic mass is 16.5. The Kier molecular flexibility index (Phi) is 3.50. The second kappa shape index (κ2) is 4.64. The van der Waals surface area contributed by atoms with Crippen molar-refractivity contribution in [3.8, 4) is 5.75 Å². The van der Waals surface area contributed by atoms with Gasteiger partial charge in [-0.2, -0.15) is 0 Å². The molecule has 1 aromatic carbocycles. The number of rotatable bonds is 3. The molecule has 0 unspecified atom stereocenters. The van der Waals surface area contributed by atoms with Crippen LogP contribution in [0.1, 0.15) is 5.56 Å². The normalized spacial score (nSPS) is 11.1. The summed E-state index contributed by atoms with van der Waals surface area (Å²) in [6.07, 6.45) is 1.24. The van der Waals surface area contributed by atoms with Crippen LogP contribution in [0.2, 0.25) is 0 Å². The Balaban J connectivity index is 3.05. The molecule has 0 saturated heterocycles. The monoisotopic (exact) mass is 195 g/mol. The van der Waals surface area contributed by atoms with E-state index >= 15 is 0 Å². The third-order valence-corrected chi connectivity index (χ3v) is 1.75. The minimum atomic E-state index is -1.49. The van der Waals surface area contributed by atoms with E-state index < -0.39 is 6.29 Å². The summed E-state index contributed by atoms with van der Waals surface area (Å²) >= 11 is 0. The molecule has 4 heteroatoms. The number of aliphatic hydroxyl groups is 2. The molecule has 0 aliphatic rings. The average molecular weight is 195 g/mol. The van der Waals surface area contributed by atoms with Gasteiger partial charge in [-0.05, 0) is 24.3 Å². The molecule has 4 nitrogen and oxygen atoms in total. The Bertz CT molecular complexity index is 334. The third-order valence-electron chi connectivity index (χ3n) is 1.75. The Hall–Kier alpha value is -1.52. The van der Waals surface area contributed by atoms with Crippen LogP contribution in [-0.2, 0) is 0 Å². The molecule has 1 rings (SSSR count). The first-order valence-electron chi connectivity index (χ1n) is 4.12. The van der Waals surface area contributed by atoms with Crippen LogP contribution in [0.4, 0.5) is 5.69 Å². The number of methoxy groups -OCH3 is 1. The molecule has 0 aliphatic carbocycles. The van der Waals surface area contributed by atoms with Crippen LogP contribution in [-0.4, -0.2) is 23.6 Å². The van der Waals surface area contributed by atoms with E-state index in [9.17, 15) is 0 Å². The molecule has 0 radical (unpaired) electrons. The molecule has 0 atom stereocenters. The predicted molar refractivity (Wildman–Crippen MR) is 54.7 cm³/mol. The molecule has 1 aromatic rings. The van der Waals surface area contributed by atoms with Crippen LogP contribution in [0.15, 0.2) is 24.3 Å². The van der Waals surface area contributed by atoms with Gasteiger partial charge in [-0.3, -0.25) is 0 Å². The Morgan fingerprint density at radius 2 is 2.14 bits per heavy atom. The highest BCUT2D eigenvalue weighted by molar-refractivity contribution is 5.70. The van der Waals surface area contributed by atoms with E-state index in [1.807, 2.05) is 0 Å². The minimum Gasteiger partial charge on any atom is -0.496 e. The van der Waals surface area contributed by atoms with Crippen molar-refractivity contribution in [2.45, 2.75) is 6.29 Å². The Morgan fingerprint density at radius 1 is 1.43 bits per heavy atom. The van der Waals surface area contributed by atoms with Crippen molar-refractivity contribution in [2.24, 2.45) is 0 Å². The van der Waals surface area contributed by atoms with E-state index in [2.05, 4.69) is 0 Å². The molecule has 0 heterocycles. The standard InChI is InChI=1S/C10H13NO3/c1-14-9-4-2-3-8(11)7(9)5-6-10(12)13/h2-6,10,12-13H,11H2,1H3/b6-5+. The average Bonchev–Trinajstić information content (AvgIpc) is 2.15. The maximum atomic E-state index is 8.66. The third kappa shape index (κ3) is 2.48. The molecule has 0 amide bonds. The molecular formula is C10H13NO3. The molecule has 0 aromatic heterocycles. The van der Waals surface area contributed by atoms with Crippen LogP contribution in [0.3, 0.4) is 0 Å². The topological polar surface area (TPSA) is 75.7 Å². The fourth-order valence-corrected chi connectivity index (χ4v) is 1.10. The van der Waals surface area contributed by atoms with Crippen molar-refractivity contribution < 1.29 is 14.9 Å². The summed E-state index contributed by atoms with van der Waals surface area (Å²) in [5.74, 6) is 0.599. The molecular weight excluding hydrogens is 182 g/mol. The largest absolute Gasteiger partial charge is 0.496 e. The molecule has 4 N–H and O–H groups in total. The minimum absolute atomic E-state index is 0.529. The van der Waals surface area contributed by atoms with E-state index in [0.717, 1.165) is 0 Å². The van der Waals surface area contributed by atoms with Gasteiger partial charge in [-0.25, -0.2) is 0 Å². The molecule has 0 bridgehead atoms. The van der Waals surface area contributed by atoms with Crippen LogP contribution in [0.5, 0.6) is 5.75 Å². The van der Waals surface area contributed by atoms with E-state index in [0.29, 0.717) is 17.0 Å². The summed E-state index contributed by atoms with van der Waals surface area (Å²) in [5.41, 5.74) is 6.86. The number of aliphatic hydroxyl groups excluding tert-OH is 1. The lowest BCUT2D eigenvalue weighted by molar-refractivity contribution is 0.00304. The van der Waals surface area contributed by atoms with E-state index in [1.165, 1.54) is 19.3 Å². The molecule has 76 valence electrons. The van der Waals surface area contributed by atoms with Gasteiger partial charge in [0.15, 0.2) is 6.29 Å².